The number of aromatic nitrogens is 2. The molecule has 1 N–H and O–H groups in total. The summed E-state index contributed by atoms with van der Waals surface area (Å²) in [5, 5.41) is 3.51. The Kier molecular flexibility index (Phi) is 5.77. The maximum absolute atomic E-state index is 12.0. The molecule has 5 nitrogen and oxygen atoms in total. The van der Waals surface area contributed by atoms with Crippen LogP contribution in [0.2, 0.25) is 0 Å². The molecule has 0 bridgehead atoms. The Balaban J connectivity index is 1.93. The van der Waals surface area contributed by atoms with Crippen molar-refractivity contribution in [3.8, 4) is 0 Å². The minimum absolute atomic E-state index is 0.0496. The number of nitrogens with zero attached hydrogens (tertiary/aromatic N) is 2. The molecule has 1 unspecified atom stereocenters. The Labute approximate surface area is 133 Å². The van der Waals surface area contributed by atoms with Gasteiger partial charge in [-0.25, -0.2) is 0 Å². The minimum atomic E-state index is -0.287. The fourth-order valence-electron chi connectivity index (χ4n) is 2.01. The van der Waals surface area contributed by atoms with Crippen LogP contribution in [0.25, 0.3) is 0 Å². The van der Waals surface area contributed by atoms with E-state index in [2.05, 4.69) is 10.3 Å². The van der Waals surface area contributed by atoms with Crippen molar-refractivity contribution in [3.05, 3.63) is 58.5 Å². The molecule has 0 aliphatic carbocycles. The molecule has 0 fully saturated rings. The number of carbonyl (C=O) groups excluding carboxylic acids is 1. The van der Waals surface area contributed by atoms with Crippen LogP contribution in [-0.2, 0) is 11.3 Å². The summed E-state index contributed by atoms with van der Waals surface area (Å²) in [5.74, 6) is 0.148. The second-order valence-corrected chi connectivity index (χ2v) is 5.77. The molecule has 0 spiro atoms. The van der Waals surface area contributed by atoms with E-state index in [0.29, 0.717) is 11.7 Å². The second kappa shape index (κ2) is 7.79. The predicted octanol–water partition coefficient (Wildman–Crippen LogP) is 2.23. The Morgan fingerprint density at radius 2 is 2.05 bits per heavy atom. The van der Waals surface area contributed by atoms with Crippen molar-refractivity contribution >= 4 is 17.7 Å². The lowest BCUT2D eigenvalue weighted by Gasteiger charge is -2.14. The van der Waals surface area contributed by atoms with Crippen LogP contribution in [-0.4, -0.2) is 21.2 Å². The Bertz CT molecular complexity index is 685. The van der Waals surface area contributed by atoms with Crippen LogP contribution in [0, 0.1) is 0 Å². The van der Waals surface area contributed by atoms with Gasteiger partial charge in [-0.3, -0.25) is 9.59 Å². The third-order valence-corrected chi connectivity index (χ3v) is 4.19. The molecule has 6 heteroatoms. The standard InChI is InChI=1S/C16H19N3O2S/c1-3-19-10-9-14(20)18-16(19)22-11-15(21)17-12(2)13-7-5-4-6-8-13/h4-10,12H,3,11H2,1-2H3,(H,17,21). The molecule has 0 aliphatic heterocycles. The van der Waals surface area contributed by atoms with Gasteiger partial charge in [-0.1, -0.05) is 42.1 Å². The van der Waals surface area contributed by atoms with Gasteiger partial charge in [0.05, 0.1) is 11.8 Å². The van der Waals surface area contributed by atoms with E-state index >= 15 is 0 Å². The van der Waals surface area contributed by atoms with Crippen LogP contribution >= 0.6 is 11.8 Å². The number of benzene rings is 1. The van der Waals surface area contributed by atoms with E-state index in [4.69, 9.17) is 0 Å². The highest BCUT2D eigenvalue weighted by molar-refractivity contribution is 7.99. The zero-order chi connectivity index (χ0) is 15.9. The molecule has 2 rings (SSSR count). The highest BCUT2D eigenvalue weighted by Gasteiger charge is 2.11. The molecule has 0 radical (unpaired) electrons. The quantitative estimate of drug-likeness (QED) is 0.655. The average Bonchev–Trinajstić information content (AvgIpc) is 2.54. The van der Waals surface area contributed by atoms with Gasteiger partial charge in [-0.2, -0.15) is 4.98 Å². The lowest BCUT2D eigenvalue weighted by Crippen LogP contribution is -2.28. The SMILES string of the molecule is CCn1ccc(=O)nc1SCC(=O)NC(C)c1ccccc1. The van der Waals surface area contributed by atoms with E-state index < -0.39 is 0 Å². The first-order valence-corrected chi connectivity index (χ1v) is 8.13. The number of rotatable bonds is 6. The summed E-state index contributed by atoms with van der Waals surface area (Å²) in [5.41, 5.74) is 0.773. The maximum atomic E-state index is 12.0. The van der Waals surface area contributed by atoms with Crippen molar-refractivity contribution in [2.24, 2.45) is 0 Å². The van der Waals surface area contributed by atoms with Gasteiger partial charge >= 0.3 is 0 Å². The Hall–Kier alpha value is -2.08. The number of hydrogen-bond donors (Lipinski definition) is 1. The van der Waals surface area contributed by atoms with Crippen molar-refractivity contribution in [1.29, 1.82) is 0 Å². The van der Waals surface area contributed by atoms with Gasteiger partial charge in [0, 0.05) is 18.8 Å². The first-order chi connectivity index (χ1) is 10.6. The molecule has 1 heterocycles. The van der Waals surface area contributed by atoms with Gasteiger partial charge in [0.2, 0.25) is 5.91 Å². The second-order valence-electron chi connectivity index (χ2n) is 4.82. The van der Waals surface area contributed by atoms with Gasteiger partial charge in [-0.15, -0.1) is 0 Å². The molecular weight excluding hydrogens is 298 g/mol. The molecule has 0 aliphatic rings. The largest absolute Gasteiger partial charge is 0.349 e. The summed E-state index contributed by atoms with van der Waals surface area (Å²) in [6.45, 7) is 4.62. The number of hydrogen-bond acceptors (Lipinski definition) is 4. The maximum Gasteiger partial charge on any atom is 0.273 e. The van der Waals surface area contributed by atoms with E-state index in [9.17, 15) is 9.59 Å². The van der Waals surface area contributed by atoms with Crippen LogP contribution in [0.4, 0.5) is 0 Å². The molecule has 116 valence electrons. The fraction of sp³-hybridized carbons (Fsp3) is 0.312. The van der Waals surface area contributed by atoms with Crippen molar-refractivity contribution < 1.29 is 4.79 Å². The van der Waals surface area contributed by atoms with E-state index in [-0.39, 0.29) is 23.3 Å². The minimum Gasteiger partial charge on any atom is -0.349 e. The monoisotopic (exact) mass is 317 g/mol. The van der Waals surface area contributed by atoms with Crippen molar-refractivity contribution in [2.45, 2.75) is 31.6 Å². The smallest absolute Gasteiger partial charge is 0.273 e. The summed E-state index contributed by atoms with van der Waals surface area (Å²) >= 11 is 1.27. The van der Waals surface area contributed by atoms with Crippen LogP contribution in [0.3, 0.4) is 0 Å². The zero-order valence-electron chi connectivity index (χ0n) is 12.7. The predicted molar refractivity (Wildman–Crippen MR) is 87.9 cm³/mol. The van der Waals surface area contributed by atoms with E-state index in [0.717, 1.165) is 5.56 Å². The third-order valence-electron chi connectivity index (χ3n) is 3.20. The summed E-state index contributed by atoms with van der Waals surface area (Å²) in [4.78, 5) is 27.3. The van der Waals surface area contributed by atoms with Crippen LogP contribution < -0.4 is 10.9 Å². The van der Waals surface area contributed by atoms with Crippen LogP contribution in [0.5, 0.6) is 0 Å². The Morgan fingerprint density at radius 1 is 1.32 bits per heavy atom. The molecule has 1 aromatic carbocycles. The van der Waals surface area contributed by atoms with Gasteiger partial charge in [0.1, 0.15) is 0 Å². The molecule has 22 heavy (non-hydrogen) atoms. The fourth-order valence-corrected chi connectivity index (χ4v) is 2.86. The van der Waals surface area contributed by atoms with Crippen LogP contribution in [0.1, 0.15) is 25.5 Å². The molecule has 0 saturated carbocycles. The molecule has 0 saturated heterocycles. The third kappa shape index (κ3) is 4.46. The van der Waals surface area contributed by atoms with E-state index in [1.807, 2.05) is 48.7 Å². The lowest BCUT2D eigenvalue weighted by atomic mass is 10.1. The van der Waals surface area contributed by atoms with Crippen molar-refractivity contribution in [2.75, 3.05) is 5.75 Å². The normalized spacial score (nSPS) is 11.9. The number of nitrogens with one attached hydrogen (secondary N) is 1. The number of aryl methyl sites for hydroxylation is 1. The summed E-state index contributed by atoms with van der Waals surface area (Å²) in [6.07, 6.45) is 1.70. The van der Waals surface area contributed by atoms with Gasteiger partial charge in [0.15, 0.2) is 5.16 Å². The topological polar surface area (TPSA) is 64.0 Å². The average molecular weight is 317 g/mol. The molecule has 1 amide bonds. The summed E-state index contributed by atoms with van der Waals surface area (Å²) < 4.78 is 1.85. The number of amides is 1. The molecule has 1 atom stereocenters. The number of thioether (sulfide) groups is 1. The van der Waals surface area contributed by atoms with Gasteiger partial charge in [-0.05, 0) is 19.4 Å². The number of carbonyl (C=O) groups is 1. The van der Waals surface area contributed by atoms with Crippen molar-refractivity contribution in [1.82, 2.24) is 14.9 Å². The molecule has 2 aromatic rings. The Morgan fingerprint density at radius 3 is 2.73 bits per heavy atom. The molecule has 1 aromatic heterocycles. The first kappa shape index (κ1) is 16.3. The highest BCUT2D eigenvalue weighted by Crippen LogP contribution is 2.15. The highest BCUT2D eigenvalue weighted by atomic mass is 32.2. The van der Waals surface area contributed by atoms with Crippen LogP contribution in [0.15, 0.2) is 52.5 Å². The zero-order valence-corrected chi connectivity index (χ0v) is 13.5. The van der Waals surface area contributed by atoms with Gasteiger partial charge < -0.3 is 9.88 Å². The lowest BCUT2D eigenvalue weighted by molar-refractivity contribution is -0.119. The molecular formula is C16H19N3O2S. The van der Waals surface area contributed by atoms with E-state index in [1.165, 1.54) is 17.8 Å². The summed E-state index contributed by atoms with van der Waals surface area (Å²) in [6, 6.07) is 11.2. The van der Waals surface area contributed by atoms with Crippen molar-refractivity contribution in [3.63, 3.8) is 0 Å². The first-order valence-electron chi connectivity index (χ1n) is 7.14. The summed E-state index contributed by atoms with van der Waals surface area (Å²) in [7, 11) is 0. The van der Waals surface area contributed by atoms with Gasteiger partial charge in [0.25, 0.3) is 5.56 Å². The van der Waals surface area contributed by atoms with E-state index in [1.54, 1.807) is 6.20 Å².